The van der Waals surface area contributed by atoms with Crippen molar-refractivity contribution in [2.45, 2.75) is 38.5 Å². The van der Waals surface area contributed by atoms with Crippen molar-refractivity contribution in [1.29, 1.82) is 0 Å². The molecule has 0 radical (unpaired) electrons. The maximum absolute atomic E-state index is 13.5. The van der Waals surface area contributed by atoms with E-state index in [1.165, 1.54) is 0 Å². The molecule has 2 aromatic carbocycles. The number of rotatable bonds is 12. The number of aliphatic carboxylic acids is 1. The molecular weight excluding hydrogens is 378 g/mol. The Bertz CT molecular complexity index is 793. The van der Waals surface area contributed by atoms with Crippen LogP contribution in [0.3, 0.4) is 0 Å². The van der Waals surface area contributed by atoms with Crippen molar-refractivity contribution >= 4 is 11.9 Å². The van der Waals surface area contributed by atoms with Gasteiger partial charge >= 0.3 is 11.9 Å². The van der Waals surface area contributed by atoms with Gasteiger partial charge in [0, 0.05) is 13.0 Å². The fourth-order valence-corrected chi connectivity index (χ4v) is 4.08. The molecule has 1 N–H and O–H groups in total. The fraction of sp³-hybridized carbons (Fsp3) is 0.440. The Morgan fingerprint density at radius 2 is 1.67 bits per heavy atom. The molecule has 0 aromatic heterocycles. The number of ether oxygens (including phenoxy) is 1. The van der Waals surface area contributed by atoms with Gasteiger partial charge in [-0.05, 0) is 50.4 Å². The highest BCUT2D eigenvalue weighted by molar-refractivity contribution is 5.84. The van der Waals surface area contributed by atoms with Crippen LogP contribution in [0.25, 0.3) is 0 Å². The molecule has 2 atom stereocenters. The Kier molecular flexibility index (Phi) is 9.06. The molecule has 0 heterocycles. The third kappa shape index (κ3) is 6.17. The first-order chi connectivity index (χ1) is 14.4. The van der Waals surface area contributed by atoms with Gasteiger partial charge in [0.1, 0.15) is 5.41 Å². The number of carbonyl (C=O) groups excluding carboxylic acids is 1. The molecule has 162 valence electrons. The van der Waals surface area contributed by atoms with E-state index in [4.69, 9.17) is 9.84 Å². The normalized spacial score (nSPS) is 14.1. The first-order valence-corrected chi connectivity index (χ1v) is 10.6. The van der Waals surface area contributed by atoms with E-state index in [1.54, 1.807) is 0 Å². The molecule has 0 aliphatic heterocycles. The minimum atomic E-state index is -0.834. The van der Waals surface area contributed by atoms with Crippen molar-refractivity contribution in [2.75, 3.05) is 26.7 Å². The van der Waals surface area contributed by atoms with Gasteiger partial charge in [0.15, 0.2) is 0 Å². The predicted molar refractivity (Wildman–Crippen MR) is 118 cm³/mol. The maximum Gasteiger partial charge on any atom is 0.317 e. The maximum atomic E-state index is 13.5. The summed E-state index contributed by atoms with van der Waals surface area (Å²) in [5.74, 6) is -1.05. The Labute approximate surface area is 179 Å². The van der Waals surface area contributed by atoms with E-state index < -0.39 is 11.4 Å². The summed E-state index contributed by atoms with van der Waals surface area (Å²) in [7, 11) is 1.97. The van der Waals surface area contributed by atoms with Gasteiger partial charge in [0.05, 0.1) is 6.61 Å². The monoisotopic (exact) mass is 411 g/mol. The lowest BCUT2D eigenvalue weighted by Gasteiger charge is -2.39. The summed E-state index contributed by atoms with van der Waals surface area (Å²) in [6, 6.07) is 19.9. The number of carboxylic acid groups (broad SMARTS) is 1. The molecule has 0 aliphatic carbocycles. The highest BCUT2D eigenvalue weighted by atomic mass is 16.5. The second kappa shape index (κ2) is 11.5. The fourth-order valence-electron chi connectivity index (χ4n) is 4.08. The number of hydrogen-bond donors (Lipinski definition) is 1. The van der Waals surface area contributed by atoms with Crippen LogP contribution in [0.5, 0.6) is 0 Å². The highest BCUT2D eigenvalue weighted by Crippen LogP contribution is 2.38. The van der Waals surface area contributed by atoms with Gasteiger partial charge < -0.3 is 14.7 Å². The number of nitrogens with zero attached hydrogens (tertiary/aromatic N) is 1. The summed E-state index contributed by atoms with van der Waals surface area (Å²) in [5, 5.41) is 8.90. The molecule has 0 bridgehead atoms. The Balaban J connectivity index is 2.39. The largest absolute Gasteiger partial charge is 0.481 e. The van der Waals surface area contributed by atoms with Crippen LogP contribution in [-0.4, -0.2) is 48.7 Å². The van der Waals surface area contributed by atoms with Crippen molar-refractivity contribution in [3.63, 3.8) is 0 Å². The van der Waals surface area contributed by atoms with Crippen LogP contribution in [0.1, 0.15) is 37.8 Å². The van der Waals surface area contributed by atoms with Crippen molar-refractivity contribution in [1.82, 2.24) is 4.90 Å². The molecule has 0 unspecified atom stereocenters. The second-order valence-electron chi connectivity index (χ2n) is 7.88. The van der Waals surface area contributed by atoms with E-state index in [-0.39, 0.29) is 18.3 Å². The third-order valence-corrected chi connectivity index (χ3v) is 5.61. The molecule has 0 saturated carbocycles. The molecule has 5 nitrogen and oxygen atoms in total. The number of carboxylic acids is 1. The third-order valence-electron chi connectivity index (χ3n) is 5.61. The molecular formula is C25H33NO4. The summed E-state index contributed by atoms with van der Waals surface area (Å²) >= 11 is 0. The van der Waals surface area contributed by atoms with Gasteiger partial charge in [-0.2, -0.15) is 0 Å². The molecule has 0 amide bonds. The number of esters is 1. The molecule has 0 fully saturated rings. The van der Waals surface area contributed by atoms with Crippen LogP contribution in [0.2, 0.25) is 0 Å². The van der Waals surface area contributed by atoms with Gasteiger partial charge in [0.2, 0.25) is 0 Å². The molecule has 2 rings (SSSR count). The molecule has 0 saturated heterocycles. The van der Waals surface area contributed by atoms with Gasteiger partial charge in [-0.15, -0.1) is 0 Å². The summed E-state index contributed by atoms with van der Waals surface area (Å²) in [6.07, 6.45) is 1.26. The standard InChI is InChI=1S/C25H33NO4/c1-4-30-24(29)25(22-14-9-6-10-15-22,18-21-12-7-5-8-13-21)20(2)19-26(3)17-11-16-23(27)28/h5-10,12-15,20H,4,11,16-19H2,1-3H3,(H,27,28)/t20-,25-/m0/s1. The highest BCUT2D eigenvalue weighted by Gasteiger charge is 2.46. The summed E-state index contributed by atoms with van der Waals surface area (Å²) in [6.45, 7) is 5.55. The topological polar surface area (TPSA) is 66.8 Å². The summed E-state index contributed by atoms with van der Waals surface area (Å²) in [4.78, 5) is 26.4. The minimum Gasteiger partial charge on any atom is -0.481 e. The van der Waals surface area contributed by atoms with Crippen LogP contribution in [0.15, 0.2) is 60.7 Å². The SMILES string of the molecule is CCOC(=O)[C@](Cc1ccccc1)(c1ccccc1)[C@@H](C)CN(C)CCCC(=O)O. The number of hydrogen-bond acceptors (Lipinski definition) is 4. The molecule has 0 aliphatic rings. The van der Waals surface area contributed by atoms with Crippen molar-refractivity contribution < 1.29 is 19.4 Å². The average Bonchev–Trinajstić information content (AvgIpc) is 2.73. The zero-order valence-corrected chi connectivity index (χ0v) is 18.2. The molecule has 5 heteroatoms. The number of benzene rings is 2. The van der Waals surface area contributed by atoms with Crippen LogP contribution in [-0.2, 0) is 26.2 Å². The smallest absolute Gasteiger partial charge is 0.317 e. The first-order valence-electron chi connectivity index (χ1n) is 10.6. The lowest BCUT2D eigenvalue weighted by atomic mass is 9.67. The molecule has 2 aromatic rings. The van der Waals surface area contributed by atoms with Gasteiger partial charge in [-0.1, -0.05) is 67.6 Å². The summed E-state index contributed by atoms with van der Waals surface area (Å²) < 4.78 is 5.61. The van der Waals surface area contributed by atoms with Crippen molar-refractivity contribution in [2.24, 2.45) is 5.92 Å². The Morgan fingerprint density at radius 1 is 1.07 bits per heavy atom. The Hall–Kier alpha value is -2.66. The van der Waals surface area contributed by atoms with E-state index in [1.807, 2.05) is 74.6 Å². The lowest BCUT2D eigenvalue weighted by molar-refractivity contribution is -0.153. The van der Waals surface area contributed by atoms with E-state index >= 15 is 0 Å². The predicted octanol–water partition coefficient (Wildman–Crippen LogP) is 4.16. The lowest BCUT2D eigenvalue weighted by Crippen LogP contribution is -2.49. The van der Waals surface area contributed by atoms with E-state index in [2.05, 4.69) is 11.8 Å². The quantitative estimate of drug-likeness (QED) is 0.531. The van der Waals surface area contributed by atoms with E-state index in [0.29, 0.717) is 32.5 Å². The zero-order valence-electron chi connectivity index (χ0n) is 18.2. The first kappa shape index (κ1) is 23.6. The Morgan fingerprint density at radius 3 is 2.23 bits per heavy atom. The van der Waals surface area contributed by atoms with Gasteiger partial charge in [0.25, 0.3) is 0 Å². The second-order valence-corrected chi connectivity index (χ2v) is 7.88. The zero-order chi connectivity index (χ0) is 22.0. The number of carbonyl (C=O) groups is 2. The average molecular weight is 412 g/mol. The van der Waals surface area contributed by atoms with E-state index in [0.717, 1.165) is 11.1 Å². The summed E-state index contributed by atoms with van der Waals surface area (Å²) in [5.41, 5.74) is 1.19. The van der Waals surface area contributed by atoms with Crippen LogP contribution in [0, 0.1) is 5.92 Å². The minimum absolute atomic E-state index is 0.0472. The van der Waals surface area contributed by atoms with Crippen molar-refractivity contribution in [3.8, 4) is 0 Å². The van der Waals surface area contributed by atoms with E-state index in [9.17, 15) is 9.59 Å². The van der Waals surface area contributed by atoms with Crippen LogP contribution < -0.4 is 0 Å². The van der Waals surface area contributed by atoms with Gasteiger partial charge in [-0.25, -0.2) is 0 Å². The van der Waals surface area contributed by atoms with Crippen molar-refractivity contribution in [3.05, 3.63) is 71.8 Å². The van der Waals surface area contributed by atoms with Crippen LogP contribution >= 0.6 is 0 Å². The van der Waals surface area contributed by atoms with Gasteiger partial charge in [-0.3, -0.25) is 9.59 Å². The van der Waals surface area contributed by atoms with Crippen LogP contribution in [0.4, 0.5) is 0 Å². The molecule has 30 heavy (non-hydrogen) atoms. The molecule has 0 spiro atoms.